The lowest BCUT2D eigenvalue weighted by Crippen LogP contribution is -1.82. The molecule has 0 aliphatic heterocycles. The predicted molar refractivity (Wildman–Crippen MR) is 66.9 cm³/mol. The standard InChI is InChI=1S/C12H16Cl2N2/c13-11(12(14)10-16)8-6-4-2-1-3-5-7-9-15/h1-8H2. The first-order valence-electron chi connectivity index (χ1n) is 5.53. The van der Waals surface area contributed by atoms with Crippen molar-refractivity contribution in [2.75, 3.05) is 0 Å². The molecule has 0 aliphatic rings. The summed E-state index contributed by atoms with van der Waals surface area (Å²) < 4.78 is 0. The van der Waals surface area contributed by atoms with Gasteiger partial charge < -0.3 is 0 Å². The third kappa shape index (κ3) is 8.60. The first-order chi connectivity index (χ1) is 7.72. The molecule has 0 aromatic rings. The average Bonchev–Trinajstić information content (AvgIpc) is 2.31. The second-order valence-corrected chi connectivity index (χ2v) is 4.44. The Hall–Kier alpha value is -0.700. The molecular weight excluding hydrogens is 243 g/mol. The van der Waals surface area contributed by atoms with Gasteiger partial charge in [0.25, 0.3) is 0 Å². The van der Waals surface area contributed by atoms with Crippen molar-refractivity contribution in [1.82, 2.24) is 0 Å². The van der Waals surface area contributed by atoms with E-state index in [1.807, 2.05) is 6.07 Å². The van der Waals surface area contributed by atoms with E-state index in [9.17, 15) is 0 Å². The topological polar surface area (TPSA) is 47.6 Å². The molecule has 0 radical (unpaired) electrons. The molecule has 0 heterocycles. The van der Waals surface area contributed by atoms with E-state index < -0.39 is 0 Å². The van der Waals surface area contributed by atoms with Crippen molar-refractivity contribution in [3.05, 3.63) is 10.1 Å². The maximum Gasteiger partial charge on any atom is 0.132 e. The van der Waals surface area contributed by atoms with Crippen molar-refractivity contribution in [1.29, 1.82) is 10.5 Å². The van der Waals surface area contributed by atoms with Crippen LogP contribution in [-0.2, 0) is 0 Å². The SMILES string of the molecule is N#CCCCCCCCCC(Cl)=C(Cl)C#N. The minimum Gasteiger partial charge on any atom is -0.198 e. The molecule has 0 saturated carbocycles. The van der Waals surface area contributed by atoms with E-state index in [1.54, 1.807) is 0 Å². The first-order valence-corrected chi connectivity index (χ1v) is 6.29. The molecule has 0 amide bonds. The van der Waals surface area contributed by atoms with Crippen LogP contribution in [0.4, 0.5) is 0 Å². The van der Waals surface area contributed by atoms with Gasteiger partial charge in [-0.05, 0) is 19.3 Å². The second-order valence-electron chi connectivity index (χ2n) is 3.61. The second kappa shape index (κ2) is 10.8. The number of unbranched alkanes of at least 4 members (excludes halogenated alkanes) is 6. The Morgan fingerprint density at radius 2 is 1.44 bits per heavy atom. The number of nitrogens with zero attached hydrogens (tertiary/aromatic N) is 2. The summed E-state index contributed by atoms with van der Waals surface area (Å²) in [6.07, 6.45) is 7.84. The van der Waals surface area contributed by atoms with Gasteiger partial charge >= 0.3 is 0 Å². The van der Waals surface area contributed by atoms with Gasteiger partial charge in [0.2, 0.25) is 0 Å². The van der Waals surface area contributed by atoms with Gasteiger partial charge in [-0.3, -0.25) is 0 Å². The van der Waals surface area contributed by atoms with E-state index in [4.69, 9.17) is 33.7 Å². The summed E-state index contributed by atoms with van der Waals surface area (Å²) in [4.78, 5) is 0. The van der Waals surface area contributed by atoms with Gasteiger partial charge in [0.05, 0.1) is 6.07 Å². The smallest absolute Gasteiger partial charge is 0.132 e. The van der Waals surface area contributed by atoms with Gasteiger partial charge in [-0.1, -0.05) is 48.9 Å². The van der Waals surface area contributed by atoms with Crippen molar-refractivity contribution in [3.8, 4) is 12.1 Å². The molecule has 4 heteroatoms. The summed E-state index contributed by atoms with van der Waals surface area (Å²) in [6, 6.07) is 3.96. The lowest BCUT2D eigenvalue weighted by molar-refractivity contribution is 0.600. The fourth-order valence-corrected chi connectivity index (χ4v) is 1.63. The van der Waals surface area contributed by atoms with Crippen LogP contribution in [-0.4, -0.2) is 0 Å². The van der Waals surface area contributed by atoms with Crippen molar-refractivity contribution >= 4 is 23.2 Å². The number of allylic oxidation sites excluding steroid dienone is 2. The van der Waals surface area contributed by atoms with Crippen molar-refractivity contribution in [3.63, 3.8) is 0 Å². The summed E-state index contributed by atoms with van der Waals surface area (Å²) in [5, 5.41) is 17.4. The van der Waals surface area contributed by atoms with Crippen LogP contribution < -0.4 is 0 Å². The van der Waals surface area contributed by atoms with Crippen molar-refractivity contribution in [2.24, 2.45) is 0 Å². The van der Waals surface area contributed by atoms with Crippen LogP contribution in [0.3, 0.4) is 0 Å². The van der Waals surface area contributed by atoms with Crippen LogP contribution >= 0.6 is 23.2 Å². The van der Waals surface area contributed by atoms with E-state index in [2.05, 4.69) is 6.07 Å². The molecule has 0 aliphatic carbocycles. The average molecular weight is 259 g/mol. The van der Waals surface area contributed by atoms with Crippen molar-refractivity contribution < 1.29 is 0 Å². The van der Waals surface area contributed by atoms with Gasteiger partial charge in [0, 0.05) is 11.5 Å². The van der Waals surface area contributed by atoms with Crippen LogP contribution in [0.25, 0.3) is 0 Å². The zero-order valence-electron chi connectivity index (χ0n) is 9.31. The summed E-state index contributed by atoms with van der Waals surface area (Å²) in [5.41, 5.74) is 0. The Balaban J connectivity index is 3.36. The Morgan fingerprint density at radius 3 is 2.00 bits per heavy atom. The van der Waals surface area contributed by atoms with Gasteiger partial charge in [0.1, 0.15) is 11.1 Å². The largest absolute Gasteiger partial charge is 0.198 e. The summed E-state index contributed by atoms with van der Waals surface area (Å²) in [6.45, 7) is 0. The maximum absolute atomic E-state index is 8.48. The molecular formula is C12H16Cl2N2. The summed E-state index contributed by atoms with van der Waals surface area (Å²) >= 11 is 11.4. The minimum atomic E-state index is 0.107. The lowest BCUT2D eigenvalue weighted by Gasteiger charge is -2.00. The molecule has 16 heavy (non-hydrogen) atoms. The van der Waals surface area contributed by atoms with Crippen molar-refractivity contribution in [2.45, 2.75) is 51.4 Å². The van der Waals surface area contributed by atoms with Gasteiger partial charge in [-0.25, -0.2) is 0 Å². The fourth-order valence-electron chi connectivity index (χ4n) is 1.36. The van der Waals surface area contributed by atoms with Crippen LogP contribution in [0.2, 0.25) is 0 Å². The van der Waals surface area contributed by atoms with Crippen LogP contribution in [0.15, 0.2) is 10.1 Å². The monoisotopic (exact) mass is 258 g/mol. The Labute approximate surface area is 107 Å². The van der Waals surface area contributed by atoms with Crippen LogP contribution in [0.5, 0.6) is 0 Å². The highest BCUT2D eigenvalue weighted by molar-refractivity contribution is 6.40. The summed E-state index contributed by atoms with van der Waals surface area (Å²) in [5.74, 6) is 0. The minimum absolute atomic E-state index is 0.107. The zero-order valence-corrected chi connectivity index (χ0v) is 10.8. The molecule has 2 nitrogen and oxygen atoms in total. The molecule has 0 saturated heterocycles. The lowest BCUT2D eigenvalue weighted by atomic mass is 10.1. The van der Waals surface area contributed by atoms with E-state index in [-0.39, 0.29) is 5.03 Å². The Morgan fingerprint density at radius 1 is 0.875 bits per heavy atom. The van der Waals surface area contributed by atoms with Gasteiger partial charge in [-0.2, -0.15) is 10.5 Å². The molecule has 0 fully saturated rings. The number of hydrogen-bond donors (Lipinski definition) is 0. The normalized spacial score (nSPS) is 11.5. The molecule has 0 atom stereocenters. The quantitative estimate of drug-likeness (QED) is 0.462. The third-order valence-corrected chi connectivity index (χ3v) is 3.06. The van der Waals surface area contributed by atoms with Gasteiger partial charge in [-0.15, -0.1) is 0 Å². The van der Waals surface area contributed by atoms with E-state index >= 15 is 0 Å². The molecule has 0 aromatic carbocycles. The Kier molecular flexibility index (Phi) is 10.3. The predicted octanol–water partition coefficient (Wildman–Crippen LogP) is 4.84. The molecule has 0 rings (SSSR count). The van der Waals surface area contributed by atoms with Crippen LogP contribution in [0.1, 0.15) is 51.4 Å². The first kappa shape index (κ1) is 15.3. The number of hydrogen-bond acceptors (Lipinski definition) is 2. The molecule has 0 N–H and O–H groups in total. The molecule has 0 unspecified atom stereocenters. The highest BCUT2D eigenvalue weighted by Gasteiger charge is 2.00. The number of nitriles is 2. The Bertz CT molecular complexity index is 297. The number of halogens is 2. The molecule has 0 aromatic heterocycles. The van der Waals surface area contributed by atoms with E-state index in [0.717, 1.165) is 38.5 Å². The highest BCUT2D eigenvalue weighted by Crippen LogP contribution is 2.20. The van der Waals surface area contributed by atoms with E-state index in [0.29, 0.717) is 17.9 Å². The fraction of sp³-hybridized carbons (Fsp3) is 0.667. The van der Waals surface area contributed by atoms with E-state index in [1.165, 1.54) is 0 Å². The summed E-state index contributed by atoms with van der Waals surface area (Å²) in [7, 11) is 0. The molecule has 0 bridgehead atoms. The zero-order chi connectivity index (χ0) is 12.2. The maximum atomic E-state index is 8.48. The van der Waals surface area contributed by atoms with Crippen LogP contribution in [0, 0.1) is 22.7 Å². The third-order valence-electron chi connectivity index (χ3n) is 2.27. The number of rotatable bonds is 8. The molecule has 0 spiro atoms. The highest BCUT2D eigenvalue weighted by atomic mass is 35.5. The molecule has 88 valence electrons. The van der Waals surface area contributed by atoms with Gasteiger partial charge in [0.15, 0.2) is 0 Å².